The lowest BCUT2D eigenvalue weighted by Gasteiger charge is -2.14. The molecule has 3 aromatic heterocycles. The van der Waals surface area contributed by atoms with Crippen molar-refractivity contribution in [2.24, 2.45) is 0 Å². The van der Waals surface area contributed by atoms with Gasteiger partial charge >= 0.3 is 5.97 Å². The average Bonchev–Trinajstić information content (AvgIpc) is 3.25. The zero-order valence-electron chi connectivity index (χ0n) is 16.6. The van der Waals surface area contributed by atoms with Gasteiger partial charge in [-0.2, -0.15) is 10.1 Å². The Kier molecular flexibility index (Phi) is 5.09. The van der Waals surface area contributed by atoms with E-state index in [1.165, 1.54) is 4.68 Å². The van der Waals surface area contributed by atoms with Crippen molar-refractivity contribution in [3.8, 4) is 11.4 Å². The fraction of sp³-hybridized carbons (Fsp3) is 0.238. The summed E-state index contributed by atoms with van der Waals surface area (Å²) in [5, 5.41) is 8.99. The van der Waals surface area contributed by atoms with Crippen LogP contribution in [-0.4, -0.2) is 30.9 Å². The lowest BCUT2D eigenvalue weighted by Crippen LogP contribution is -2.28. The molecule has 3 heterocycles. The van der Waals surface area contributed by atoms with Gasteiger partial charge < -0.3 is 9.26 Å². The molecule has 0 saturated carbocycles. The summed E-state index contributed by atoms with van der Waals surface area (Å²) in [5.74, 6) is -0.198. The number of aromatic nitrogens is 5. The number of ether oxygens (including phenoxy) is 1. The first-order chi connectivity index (χ1) is 14.5. The maximum absolute atomic E-state index is 12.9. The van der Waals surface area contributed by atoms with E-state index in [1.54, 1.807) is 55.7 Å². The van der Waals surface area contributed by atoms with Gasteiger partial charge in [-0.1, -0.05) is 23.4 Å². The van der Waals surface area contributed by atoms with E-state index in [9.17, 15) is 9.59 Å². The average molecular weight is 405 g/mol. The first kappa shape index (κ1) is 19.4. The largest absolute Gasteiger partial charge is 0.448 e. The number of carbonyl (C=O) groups excluding carboxylic acids is 1. The monoisotopic (exact) mass is 405 g/mol. The number of carbonyl (C=O) groups is 1. The van der Waals surface area contributed by atoms with E-state index >= 15 is 0 Å². The first-order valence-corrected chi connectivity index (χ1v) is 9.42. The van der Waals surface area contributed by atoms with Crippen LogP contribution in [0.15, 0.2) is 58.1 Å². The lowest BCUT2D eigenvalue weighted by atomic mass is 10.1. The summed E-state index contributed by atoms with van der Waals surface area (Å²) in [4.78, 5) is 33.8. The van der Waals surface area contributed by atoms with Crippen LogP contribution in [0.5, 0.6) is 0 Å². The lowest BCUT2D eigenvalue weighted by molar-refractivity contribution is 0.0258. The number of pyridine rings is 1. The van der Waals surface area contributed by atoms with Crippen LogP contribution in [0, 0.1) is 0 Å². The second-order valence-corrected chi connectivity index (χ2v) is 6.98. The van der Waals surface area contributed by atoms with Gasteiger partial charge in [-0.3, -0.25) is 9.78 Å². The summed E-state index contributed by atoms with van der Waals surface area (Å²) in [6.45, 7) is 5.26. The zero-order valence-corrected chi connectivity index (χ0v) is 16.6. The predicted octanol–water partition coefficient (Wildman–Crippen LogP) is 3.34. The van der Waals surface area contributed by atoms with Crippen LogP contribution in [0.25, 0.3) is 22.2 Å². The van der Waals surface area contributed by atoms with Crippen LogP contribution < -0.4 is 5.56 Å². The topological polar surface area (TPSA) is 113 Å². The van der Waals surface area contributed by atoms with Gasteiger partial charge in [0.25, 0.3) is 11.4 Å². The van der Waals surface area contributed by atoms with Gasteiger partial charge in [-0.25, -0.2) is 9.48 Å². The Hall–Kier alpha value is -3.88. The third-order valence-corrected chi connectivity index (χ3v) is 4.50. The van der Waals surface area contributed by atoms with Crippen molar-refractivity contribution < 1.29 is 14.1 Å². The van der Waals surface area contributed by atoms with Crippen LogP contribution >= 0.6 is 0 Å². The van der Waals surface area contributed by atoms with Gasteiger partial charge in [-0.05, 0) is 39.0 Å². The molecule has 0 aliphatic heterocycles. The van der Waals surface area contributed by atoms with Gasteiger partial charge in [0.1, 0.15) is 0 Å². The van der Waals surface area contributed by atoms with E-state index in [4.69, 9.17) is 9.26 Å². The third-order valence-electron chi connectivity index (χ3n) is 4.50. The predicted molar refractivity (Wildman–Crippen MR) is 108 cm³/mol. The number of hydrogen-bond donors (Lipinski definition) is 0. The number of hydrogen-bond acceptors (Lipinski definition) is 8. The van der Waals surface area contributed by atoms with E-state index in [1.807, 2.05) is 13.8 Å². The molecule has 1 atom stereocenters. The van der Waals surface area contributed by atoms with Crippen LogP contribution in [0.2, 0.25) is 0 Å². The van der Waals surface area contributed by atoms with E-state index < -0.39 is 12.1 Å². The highest BCUT2D eigenvalue weighted by molar-refractivity contribution is 6.02. The molecule has 9 nitrogen and oxygen atoms in total. The molecule has 1 unspecified atom stereocenters. The number of rotatable bonds is 5. The maximum atomic E-state index is 12.9. The van der Waals surface area contributed by atoms with E-state index in [0.29, 0.717) is 22.2 Å². The molecule has 0 aliphatic rings. The second-order valence-electron chi connectivity index (χ2n) is 6.98. The molecule has 1 aromatic carbocycles. The molecule has 0 saturated heterocycles. The summed E-state index contributed by atoms with van der Waals surface area (Å²) >= 11 is 0. The summed E-state index contributed by atoms with van der Waals surface area (Å²) in [6.07, 6.45) is 2.44. The van der Waals surface area contributed by atoms with Crippen molar-refractivity contribution >= 4 is 16.7 Å². The van der Waals surface area contributed by atoms with Crippen molar-refractivity contribution in [3.63, 3.8) is 0 Å². The number of benzene rings is 1. The highest BCUT2D eigenvalue weighted by Gasteiger charge is 2.24. The molecule has 30 heavy (non-hydrogen) atoms. The van der Waals surface area contributed by atoms with Gasteiger partial charge in [0.2, 0.25) is 5.82 Å². The van der Waals surface area contributed by atoms with Crippen LogP contribution in [0.1, 0.15) is 49.3 Å². The van der Waals surface area contributed by atoms with E-state index in [0.717, 1.165) is 0 Å². The molecule has 152 valence electrons. The molecule has 9 heteroatoms. The normalized spacial score (nSPS) is 12.3. The number of fused-ring (bicyclic) bond motifs is 1. The Bertz CT molecular complexity index is 1260. The summed E-state index contributed by atoms with van der Waals surface area (Å²) in [7, 11) is 0. The quantitative estimate of drug-likeness (QED) is 0.465. The minimum Gasteiger partial charge on any atom is -0.448 e. The smallest absolute Gasteiger partial charge is 0.360 e. The highest BCUT2D eigenvalue weighted by atomic mass is 16.6. The fourth-order valence-electron chi connectivity index (χ4n) is 2.99. The molecule has 0 aliphatic carbocycles. The number of nitrogens with zero attached hydrogens (tertiary/aromatic N) is 5. The molecule has 0 bridgehead atoms. The van der Waals surface area contributed by atoms with Crippen LogP contribution in [0.4, 0.5) is 0 Å². The maximum Gasteiger partial charge on any atom is 0.360 e. The van der Waals surface area contributed by atoms with Gasteiger partial charge in [0, 0.05) is 23.3 Å². The minimum absolute atomic E-state index is 0.0535. The molecule has 0 fully saturated rings. The molecule has 4 aromatic rings. The van der Waals surface area contributed by atoms with Crippen molar-refractivity contribution in [1.82, 2.24) is 24.9 Å². The Balaban J connectivity index is 1.64. The standard InChI is InChI=1S/C21H19N5O4/c1-12(2)26-20(27)16-9-5-4-8-15(16)17(24-26)21(28)29-13(3)19-23-18(25-30-19)14-7-6-10-22-11-14/h4-13H,1-3H3. The highest BCUT2D eigenvalue weighted by Crippen LogP contribution is 2.22. The second kappa shape index (κ2) is 7.86. The Morgan fingerprint density at radius 2 is 1.87 bits per heavy atom. The van der Waals surface area contributed by atoms with Crippen molar-refractivity contribution in [3.05, 3.63) is 70.7 Å². The summed E-state index contributed by atoms with van der Waals surface area (Å²) in [5.41, 5.74) is 0.476. The molecular weight excluding hydrogens is 386 g/mol. The molecule has 0 amide bonds. The van der Waals surface area contributed by atoms with Crippen LogP contribution in [-0.2, 0) is 4.74 Å². The third kappa shape index (κ3) is 3.57. The summed E-state index contributed by atoms with van der Waals surface area (Å²) < 4.78 is 12.0. The Labute approximate surface area is 171 Å². The SMILES string of the molecule is CC(OC(=O)c1nn(C(C)C)c(=O)c2ccccc12)c1nc(-c2cccnc2)no1. The molecule has 0 N–H and O–H groups in total. The molecule has 0 radical (unpaired) electrons. The first-order valence-electron chi connectivity index (χ1n) is 9.42. The fourth-order valence-corrected chi connectivity index (χ4v) is 2.99. The Morgan fingerprint density at radius 1 is 1.10 bits per heavy atom. The zero-order chi connectivity index (χ0) is 21.3. The van der Waals surface area contributed by atoms with Crippen molar-refractivity contribution in [1.29, 1.82) is 0 Å². The van der Waals surface area contributed by atoms with Crippen LogP contribution in [0.3, 0.4) is 0 Å². The van der Waals surface area contributed by atoms with Gasteiger partial charge in [-0.15, -0.1) is 0 Å². The van der Waals surface area contributed by atoms with Gasteiger partial charge in [0.15, 0.2) is 11.8 Å². The molecule has 0 spiro atoms. The number of esters is 1. The van der Waals surface area contributed by atoms with Crippen molar-refractivity contribution in [2.75, 3.05) is 0 Å². The van der Waals surface area contributed by atoms with E-state index in [2.05, 4.69) is 20.2 Å². The van der Waals surface area contributed by atoms with Crippen molar-refractivity contribution in [2.45, 2.75) is 32.9 Å². The van der Waals surface area contributed by atoms with Gasteiger partial charge in [0.05, 0.1) is 11.4 Å². The molecule has 4 rings (SSSR count). The van der Waals surface area contributed by atoms with E-state index in [-0.39, 0.29) is 23.2 Å². The summed E-state index contributed by atoms with van der Waals surface area (Å²) in [6, 6.07) is 10.1. The minimum atomic E-state index is -0.810. The Morgan fingerprint density at radius 3 is 2.57 bits per heavy atom. The molecular formula is C21H19N5O4.